The van der Waals surface area contributed by atoms with Crippen LogP contribution in [-0.4, -0.2) is 23.9 Å². The van der Waals surface area contributed by atoms with E-state index in [0.717, 1.165) is 12.8 Å². The molecule has 1 fully saturated rings. The number of amides is 2. The summed E-state index contributed by atoms with van der Waals surface area (Å²) < 4.78 is 0. The number of hydrogen-bond acceptors (Lipinski definition) is 3. The summed E-state index contributed by atoms with van der Waals surface area (Å²) in [5.41, 5.74) is 6.97. The van der Waals surface area contributed by atoms with Gasteiger partial charge in [-0.15, -0.1) is 12.4 Å². The van der Waals surface area contributed by atoms with E-state index in [0.29, 0.717) is 17.3 Å². The molecule has 1 saturated carbocycles. The van der Waals surface area contributed by atoms with Crippen LogP contribution in [0.25, 0.3) is 0 Å². The molecule has 0 aromatic heterocycles. The summed E-state index contributed by atoms with van der Waals surface area (Å²) in [6, 6.07) is 7.03. The minimum Gasteiger partial charge on any atom is -0.349 e. The molecule has 0 radical (unpaired) electrons. The summed E-state index contributed by atoms with van der Waals surface area (Å²) in [5.74, 6) is -0.433. The molecule has 1 aliphatic rings. The average Bonchev–Trinajstić information content (AvgIpc) is 3.22. The summed E-state index contributed by atoms with van der Waals surface area (Å²) in [7, 11) is 0. The Morgan fingerprint density at radius 3 is 2.24 bits per heavy atom. The molecule has 1 aromatic carbocycles. The quantitative estimate of drug-likeness (QED) is 0.776. The van der Waals surface area contributed by atoms with E-state index < -0.39 is 0 Å². The lowest BCUT2D eigenvalue weighted by Gasteiger charge is -2.15. The Balaban J connectivity index is 0.00000220. The third kappa shape index (κ3) is 5.02. The van der Waals surface area contributed by atoms with Gasteiger partial charge in [0.05, 0.1) is 5.92 Å². The third-order valence-corrected chi connectivity index (χ3v) is 3.53. The lowest BCUT2D eigenvalue weighted by Crippen LogP contribution is -2.34. The molecule has 0 bridgehead atoms. The number of nitrogens with two attached hydrogens (primary N) is 1. The molecule has 2 amide bonds. The van der Waals surface area contributed by atoms with Crippen molar-refractivity contribution in [3.8, 4) is 0 Å². The largest absolute Gasteiger partial charge is 0.349 e. The molecule has 4 N–H and O–H groups in total. The maximum Gasteiger partial charge on any atom is 0.251 e. The second-order valence-corrected chi connectivity index (χ2v) is 5.46. The first-order valence-electron chi connectivity index (χ1n) is 6.94. The van der Waals surface area contributed by atoms with E-state index in [-0.39, 0.29) is 36.2 Å². The van der Waals surface area contributed by atoms with Gasteiger partial charge in [-0.2, -0.15) is 0 Å². The normalized spacial score (nSPS) is 16.3. The maximum atomic E-state index is 11.9. The Hall–Kier alpha value is -1.59. The van der Waals surface area contributed by atoms with Crippen LogP contribution in [-0.2, 0) is 4.79 Å². The molecular formula is C15H22ClN3O2. The average molecular weight is 312 g/mol. The van der Waals surface area contributed by atoms with Crippen molar-refractivity contribution in [2.24, 2.45) is 11.7 Å². The Labute approximate surface area is 131 Å². The highest BCUT2D eigenvalue weighted by Crippen LogP contribution is 2.19. The summed E-state index contributed by atoms with van der Waals surface area (Å²) in [4.78, 5) is 23.7. The van der Waals surface area contributed by atoms with Gasteiger partial charge in [0.25, 0.3) is 5.91 Å². The van der Waals surface area contributed by atoms with Crippen molar-refractivity contribution in [1.82, 2.24) is 5.32 Å². The zero-order chi connectivity index (χ0) is 14.7. The molecule has 1 aliphatic carbocycles. The molecule has 2 rings (SSSR count). The fraction of sp³-hybridized carbons (Fsp3) is 0.467. The van der Waals surface area contributed by atoms with E-state index in [9.17, 15) is 9.59 Å². The molecular weight excluding hydrogens is 290 g/mol. The molecule has 0 aliphatic heterocycles. The number of hydrogen-bond donors (Lipinski definition) is 3. The smallest absolute Gasteiger partial charge is 0.251 e. The van der Waals surface area contributed by atoms with Crippen LogP contribution >= 0.6 is 12.4 Å². The summed E-state index contributed by atoms with van der Waals surface area (Å²) in [5, 5.41) is 5.71. The fourth-order valence-electron chi connectivity index (χ4n) is 1.70. The fourth-order valence-corrected chi connectivity index (χ4v) is 1.70. The van der Waals surface area contributed by atoms with Gasteiger partial charge in [-0.25, -0.2) is 0 Å². The second kappa shape index (κ2) is 7.43. The number of halogens is 1. The van der Waals surface area contributed by atoms with Crippen LogP contribution in [0.2, 0.25) is 0 Å². The monoisotopic (exact) mass is 311 g/mol. The lowest BCUT2D eigenvalue weighted by molar-refractivity contribution is -0.119. The van der Waals surface area contributed by atoms with Crippen molar-refractivity contribution in [2.75, 3.05) is 5.32 Å². The van der Waals surface area contributed by atoms with Gasteiger partial charge < -0.3 is 16.4 Å². The van der Waals surface area contributed by atoms with Crippen LogP contribution < -0.4 is 16.4 Å². The van der Waals surface area contributed by atoms with Crippen molar-refractivity contribution in [1.29, 1.82) is 0 Å². The predicted octanol–water partition coefficient (Wildman–Crippen LogP) is 1.92. The van der Waals surface area contributed by atoms with Crippen molar-refractivity contribution in [3.63, 3.8) is 0 Å². The molecule has 21 heavy (non-hydrogen) atoms. The zero-order valence-electron chi connectivity index (χ0n) is 12.3. The van der Waals surface area contributed by atoms with E-state index in [2.05, 4.69) is 10.6 Å². The Morgan fingerprint density at radius 2 is 1.76 bits per heavy atom. The van der Waals surface area contributed by atoms with E-state index in [1.54, 1.807) is 38.1 Å². The number of anilines is 1. The second-order valence-electron chi connectivity index (χ2n) is 5.46. The van der Waals surface area contributed by atoms with Crippen LogP contribution in [0, 0.1) is 5.92 Å². The summed E-state index contributed by atoms with van der Waals surface area (Å²) >= 11 is 0. The van der Waals surface area contributed by atoms with Gasteiger partial charge in [-0.1, -0.05) is 6.92 Å². The molecule has 0 heterocycles. The zero-order valence-corrected chi connectivity index (χ0v) is 13.1. The first-order valence-corrected chi connectivity index (χ1v) is 6.94. The third-order valence-electron chi connectivity index (χ3n) is 3.53. The van der Waals surface area contributed by atoms with E-state index in [1.807, 2.05) is 0 Å². The molecule has 116 valence electrons. The van der Waals surface area contributed by atoms with Crippen LogP contribution in [0.4, 0.5) is 5.69 Å². The highest BCUT2D eigenvalue weighted by Gasteiger charge is 2.23. The first kappa shape index (κ1) is 17.5. The van der Waals surface area contributed by atoms with Gasteiger partial charge >= 0.3 is 0 Å². The summed E-state index contributed by atoms with van der Waals surface area (Å²) in [6.07, 6.45) is 2.13. The van der Waals surface area contributed by atoms with Crippen molar-refractivity contribution in [3.05, 3.63) is 29.8 Å². The lowest BCUT2D eigenvalue weighted by atomic mass is 10.0. The topological polar surface area (TPSA) is 84.2 Å². The minimum absolute atomic E-state index is 0. The van der Waals surface area contributed by atoms with Crippen LogP contribution in [0.15, 0.2) is 24.3 Å². The maximum absolute atomic E-state index is 11.9. The Bertz CT molecular complexity index is 498. The molecule has 0 spiro atoms. The number of nitrogens with one attached hydrogen (secondary N) is 2. The van der Waals surface area contributed by atoms with Gasteiger partial charge in [-0.05, 0) is 44.0 Å². The summed E-state index contributed by atoms with van der Waals surface area (Å²) in [6.45, 7) is 3.59. The highest BCUT2D eigenvalue weighted by molar-refractivity contribution is 5.96. The molecule has 2 unspecified atom stereocenters. The highest BCUT2D eigenvalue weighted by atomic mass is 35.5. The van der Waals surface area contributed by atoms with E-state index >= 15 is 0 Å². The molecule has 1 aromatic rings. The van der Waals surface area contributed by atoms with Crippen LogP contribution in [0.3, 0.4) is 0 Å². The molecule has 6 heteroatoms. The van der Waals surface area contributed by atoms with Gasteiger partial charge in [-0.3, -0.25) is 9.59 Å². The van der Waals surface area contributed by atoms with Gasteiger partial charge in [0, 0.05) is 23.3 Å². The van der Waals surface area contributed by atoms with Crippen molar-refractivity contribution in [2.45, 2.75) is 38.8 Å². The number of benzene rings is 1. The first-order chi connectivity index (χ1) is 9.47. The van der Waals surface area contributed by atoms with Crippen LogP contribution in [0.1, 0.15) is 37.0 Å². The SMILES string of the molecule is CC(N)C(C)C(=O)Nc1ccc(C(=O)NC2CC2)cc1.Cl. The van der Waals surface area contributed by atoms with Gasteiger partial charge in [0.2, 0.25) is 5.91 Å². The molecule has 2 atom stereocenters. The van der Waals surface area contributed by atoms with Crippen LogP contribution in [0.5, 0.6) is 0 Å². The van der Waals surface area contributed by atoms with Gasteiger partial charge in [0.15, 0.2) is 0 Å². The molecule has 0 saturated heterocycles. The number of carbonyl (C=O) groups is 2. The number of rotatable bonds is 5. The Kier molecular flexibility index (Phi) is 6.18. The number of carbonyl (C=O) groups excluding carboxylic acids is 2. The van der Waals surface area contributed by atoms with Gasteiger partial charge in [0.1, 0.15) is 0 Å². The van der Waals surface area contributed by atoms with E-state index in [4.69, 9.17) is 5.73 Å². The molecule has 5 nitrogen and oxygen atoms in total. The van der Waals surface area contributed by atoms with Crippen molar-refractivity contribution < 1.29 is 9.59 Å². The Morgan fingerprint density at radius 1 is 1.19 bits per heavy atom. The standard InChI is InChI=1S/C15H21N3O2.ClH/c1-9(10(2)16)14(19)17-12-5-3-11(4-6-12)15(20)18-13-7-8-13;/h3-6,9-10,13H,7-8,16H2,1-2H3,(H,17,19)(H,18,20);1H. The predicted molar refractivity (Wildman–Crippen MR) is 85.6 cm³/mol. The minimum atomic E-state index is -0.257. The van der Waals surface area contributed by atoms with Crippen molar-refractivity contribution >= 4 is 29.9 Å². The van der Waals surface area contributed by atoms with E-state index in [1.165, 1.54) is 0 Å².